The molecule has 2 aromatic carbocycles. The lowest BCUT2D eigenvalue weighted by molar-refractivity contribution is 1.04. The van der Waals surface area contributed by atoms with Gasteiger partial charge in [-0.25, -0.2) is 5.84 Å². The fourth-order valence-electron chi connectivity index (χ4n) is 2.55. The normalized spacial score (nSPS) is 10.8. The number of hydrogen-bond acceptors (Lipinski definition) is 2. The van der Waals surface area contributed by atoms with E-state index in [4.69, 9.17) is 5.84 Å². The van der Waals surface area contributed by atoms with Gasteiger partial charge in [-0.15, -0.1) is 0 Å². The third-order valence-corrected chi connectivity index (χ3v) is 4.34. The summed E-state index contributed by atoms with van der Waals surface area (Å²) >= 11 is 0. The van der Waals surface area contributed by atoms with Crippen molar-refractivity contribution in [2.45, 2.75) is 41.5 Å². The summed E-state index contributed by atoms with van der Waals surface area (Å²) in [5.41, 5.74) is 9.75. The molecule has 2 nitrogen and oxygen atoms in total. The van der Waals surface area contributed by atoms with Crippen LogP contribution in [-0.4, -0.2) is 0 Å². The number of aryl methyl sites for hydroxylation is 3. The number of hydrazine groups is 1. The van der Waals surface area contributed by atoms with E-state index < -0.39 is 0 Å². The van der Waals surface area contributed by atoms with Gasteiger partial charge >= 0.3 is 0 Å². The molecule has 0 spiro atoms. The molecule has 0 aromatic heterocycles. The van der Waals surface area contributed by atoms with Gasteiger partial charge in [0.15, 0.2) is 0 Å². The Balaban J connectivity index is 2.59. The first-order valence-corrected chi connectivity index (χ1v) is 7.02. The van der Waals surface area contributed by atoms with Gasteiger partial charge in [0.1, 0.15) is 0 Å². The van der Waals surface area contributed by atoms with Crippen LogP contribution in [0.5, 0.6) is 0 Å². The maximum Gasteiger partial charge on any atom is 0.0610 e. The molecular formula is C18H24N2. The summed E-state index contributed by atoms with van der Waals surface area (Å²) in [6, 6.07) is 8.55. The van der Waals surface area contributed by atoms with Crippen molar-refractivity contribution < 1.29 is 0 Å². The molecule has 0 aliphatic carbocycles. The summed E-state index contributed by atoms with van der Waals surface area (Å²) in [6.07, 6.45) is 0. The largest absolute Gasteiger partial charge is 0.279 e. The van der Waals surface area contributed by atoms with Crippen LogP contribution >= 0.6 is 0 Å². The molecule has 0 aliphatic heterocycles. The molecule has 0 fully saturated rings. The highest BCUT2D eigenvalue weighted by atomic mass is 15.4. The lowest BCUT2D eigenvalue weighted by Gasteiger charge is -2.25. The summed E-state index contributed by atoms with van der Waals surface area (Å²) in [7, 11) is 0. The van der Waals surface area contributed by atoms with Crippen LogP contribution in [0.1, 0.15) is 33.4 Å². The first-order chi connectivity index (χ1) is 9.32. The van der Waals surface area contributed by atoms with Crippen LogP contribution < -0.4 is 10.9 Å². The first-order valence-electron chi connectivity index (χ1n) is 7.02. The monoisotopic (exact) mass is 268 g/mol. The fraction of sp³-hybridized carbons (Fsp3) is 0.333. The number of nitrogens with two attached hydrogens (primary N) is 1. The number of hydrogen-bond donors (Lipinski definition) is 1. The van der Waals surface area contributed by atoms with Crippen molar-refractivity contribution in [1.29, 1.82) is 0 Å². The van der Waals surface area contributed by atoms with Crippen LogP contribution in [0.2, 0.25) is 0 Å². The summed E-state index contributed by atoms with van der Waals surface area (Å²) in [5.74, 6) is 6.41. The van der Waals surface area contributed by atoms with Crippen LogP contribution in [0.4, 0.5) is 11.4 Å². The number of benzene rings is 2. The van der Waals surface area contributed by atoms with Crippen LogP contribution in [-0.2, 0) is 0 Å². The lowest BCUT2D eigenvalue weighted by atomic mass is 9.97. The van der Waals surface area contributed by atoms with Gasteiger partial charge in [-0.3, -0.25) is 5.01 Å². The molecular weight excluding hydrogens is 244 g/mol. The smallest absolute Gasteiger partial charge is 0.0610 e. The van der Waals surface area contributed by atoms with Gasteiger partial charge in [0.2, 0.25) is 0 Å². The van der Waals surface area contributed by atoms with E-state index in [-0.39, 0.29) is 0 Å². The molecule has 0 bridgehead atoms. The highest BCUT2D eigenvalue weighted by Crippen LogP contribution is 2.32. The van der Waals surface area contributed by atoms with E-state index in [0.29, 0.717) is 0 Å². The Labute approximate surface area is 122 Å². The zero-order valence-electron chi connectivity index (χ0n) is 13.3. The Bertz CT molecular complexity index is 657. The second kappa shape index (κ2) is 5.29. The average Bonchev–Trinajstić information content (AvgIpc) is 2.42. The van der Waals surface area contributed by atoms with Gasteiger partial charge in [-0.1, -0.05) is 12.1 Å². The van der Waals surface area contributed by atoms with Crippen molar-refractivity contribution in [3.63, 3.8) is 0 Å². The van der Waals surface area contributed by atoms with E-state index in [1.807, 2.05) is 5.01 Å². The van der Waals surface area contributed by atoms with Crippen molar-refractivity contribution in [3.8, 4) is 0 Å². The minimum atomic E-state index is 1.07. The summed E-state index contributed by atoms with van der Waals surface area (Å²) in [6.45, 7) is 12.8. The van der Waals surface area contributed by atoms with Crippen molar-refractivity contribution in [3.05, 3.63) is 57.6 Å². The van der Waals surface area contributed by atoms with Crippen molar-refractivity contribution >= 4 is 11.4 Å². The van der Waals surface area contributed by atoms with E-state index in [0.717, 1.165) is 11.4 Å². The van der Waals surface area contributed by atoms with Crippen molar-refractivity contribution in [2.75, 3.05) is 5.01 Å². The molecule has 2 heteroatoms. The lowest BCUT2D eigenvalue weighted by Crippen LogP contribution is -2.27. The predicted octanol–water partition coefficient (Wildman–Crippen LogP) is 4.55. The molecule has 0 aliphatic rings. The zero-order valence-corrected chi connectivity index (χ0v) is 13.3. The molecule has 0 radical (unpaired) electrons. The summed E-state index contributed by atoms with van der Waals surface area (Å²) in [4.78, 5) is 0. The first kappa shape index (κ1) is 14.6. The van der Waals surface area contributed by atoms with Gasteiger partial charge in [0.05, 0.1) is 11.4 Å². The molecule has 0 heterocycles. The topological polar surface area (TPSA) is 29.3 Å². The van der Waals surface area contributed by atoms with E-state index in [2.05, 4.69) is 65.8 Å². The Hall–Kier alpha value is -1.80. The van der Waals surface area contributed by atoms with E-state index >= 15 is 0 Å². The highest BCUT2D eigenvalue weighted by molar-refractivity contribution is 5.70. The van der Waals surface area contributed by atoms with Gasteiger partial charge in [0.25, 0.3) is 0 Å². The molecule has 0 saturated heterocycles. The standard InChI is InChI=1S/C18H24N2/c1-11-7-8-12(2)17(9-11)20(19)18-10-13(3)14(4)15(5)16(18)6/h7-10H,19H2,1-6H3. The Kier molecular flexibility index (Phi) is 3.87. The minimum Gasteiger partial charge on any atom is -0.279 e. The molecule has 0 saturated carbocycles. The molecule has 20 heavy (non-hydrogen) atoms. The van der Waals surface area contributed by atoms with Crippen molar-refractivity contribution in [2.24, 2.45) is 5.84 Å². The molecule has 2 N–H and O–H groups in total. The number of anilines is 2. The molecule has 0 atom stereocenters. The van der Waals surface area contributed by atoms with E-state index in [1.54, 1.807) is 0 Å². The van der Waals surface area contributed by atoms with E-state index in [9.17, 15) is 0 Å². The quantitative estimate of drug-likeness (QED) is 0.639. The molecule has 0 amide bonds. The number of rotatable bonds is 2. The molecule has 0 unspecified atom stereocenters. The maximum atomic E-state index is 6.41. The van der Waals surface area contributed by atoms with Crippen LogP contribution in [0.3, 0.4) is 0 Å². The molecule has 2 aromatic rings. The van der Waals surface area contributed by atoms with Crippen LogP contribution in [0, 0.1) is 41.5 Å². The van der Waals surface area contributed by atoms with Gasteiger partial charge < -0.3 is 0 Å². The third kappa shape index (κ3) is 2.44. The van der Waals surface area contributed by atoms with Gasteiger partial charge in [-0.2, -0.15) is 0 Å². The second-order valence-electron chi connectivity index (χ2n) is 5.75. The maximum absolute atomic E-state index is 6.41. The molecule has 106 valence electrons. The summed E-state index contributed by atoms with van der Waals surface area (Å²) in [5, 5.41) is 1.82. The van der Waals surface area contributed by atoms with Gasteiger partial charge in [-0.05, 0) is 87.1 Å². The van der Waals surface area contributed by atoms with Crippen LogP contribution in [0.15, 0.2) is 24.3 Å². The molecule has 2 rings (SSSR count). The predicted molar refractivity (Wildman–Crippen MR) is 87.6 cm³/mol. The summed E-state index contributed by atoms with van der Waals surface area (Å²) < 4.78 is 0. The number of nitrogens with zero attached hydrogens (tertiary/aromatic N) is 1. The third-order valence-electron chi connectivity index (χ3n) is 4.34. The highest BCUT2D eigenvalue weighted by Gasteiger charge is 2.14. The fourth-order valence-corrected chi connectivity index (χ4v) is 2.55. The van der Waals surface area contributed by atoms with Gasteiger partial charge in [0, 0.05) is 0 Å². The van der Waals surface area contributed by atoms with Crippen LogP contribution in [0.25, 0.3) is 0 Å². The average molecular weight is 268 g/mol. The minimum absolute atomic E-state index is 1.07. The second-order valence-corrected chi connectivity index (χ2v) is 5.75. The Morgan fingerprint density at radius 1 is 0.700 bits per heavy atom. The van der Waals surface area contributed by atoms with E-state index in [1.165, 1.54) is 33.4 Å². The Morgan fingerprint density at radius 2 is 1.35 bits per heavy atom. The van der Waals surface area contributed by atoms with Crippen molar-refractivity contribution in [1.82, 2.24) is 0 Å². The zero-order chi connectivity index (χ0) is 15.0. The SMILES string of the molecule is Cc1ccc(C)c(N(N)c2cc(C)c(C)c(C)c2C)c1. The Morgan fingerprint density at radius 3 is 2.00 bits per heavy atom.